The van der Waals surface area contributed by atoms with Crippen molar-refractivity contribution in [2.45, 2.75) is 25.8 Å². The number of hydrogen-bond donors (Lipinski definition) is 1. The van der Waals surface area contributed by atoms with Crippen LogP contribution in [0.3, 0.4) is 0 Å². The van der Waals surface area contributed by atoms with Crippen LogP contribution in [0.1, 0.15) is 19.8 Å². The van der Waals surface area contributed by atoms with Gasteiger partial charge in [0.25, 0.3) is 0 Å². The van der Waals surface area contributed by atoms with Gasteiger partial charge in [0.1, 0.15) is 6.04 Å². The zero-order valence-corrected chi connectivity index (χ0v) is 9.66. The second kappa shape index (κ2) is 4.77. The van der Waals surface area contributed by atoms with Crippen LogP contribution in [0.2, 0.25) is 0 Å². The molecule has 0 aromatic rings. The lowest BCUT2D eigenvalue weighted by atomic mass is 10.1. The predicted molar refractivity (Wildman–Crippen MR) is 55.3 cm³/mol. The van der Waals surface area contributed by atoms with Crippen LogP contribution in [-0.4, -0.2) is 39.8 Å². The number of rotatable bonds is 3. The second-order valence-corrected chi connectivity index (χ2v) is 4.23. The summed E-state index contributed by atoms with van der Waals surface area (Å²) in [6.45, 7) is 2.38. The van der Waals surface area contributed by atoms with E-state index in [1.54, 1.807) is 6.92 Å². The van der Waals surface area contributed by atoms with Gasteiger partial charge in [-0.1, -0.05) is 22.9 Å². The van der Waals surface area contributed by atoms with Crippen molar-refractivity contribution in [2.75, 3.05) is 11.9 Å². The molecule has 1 aliphatic rings. The zero-order chi connectivity index (χ0) is 10.7. The Morgan fingerprint density at radius 3 is 2.79 bits per heavy atom. The Kier molecular flexibility index (Phi) is 3.92. The maximum atomic E-state index is 11.7. The molecule has 1 amide bonds. The van der Waals surface area contributed by atoms with Crippen molar-refractivity contribution in [3.63, 3.8) is 0 Å². The van der Waals surface area contributed by atoms with Gasteiger partial charge in [0.2, 0.25) is 5.91 Å². The van der Waals surface area contributed by atoms with Crippen molar-refractivity contribution in [3.05, 3.63) is 0 Å². The molecule has 5 heteroatoms. The molecule has 0 spiro atoms. The van der Waals surface area contributed by atoms with Gasteiger partial charge in [0.15, 0.2) is 0 Å². The second-order valence-electron chi connectivity index (χ2n) is 3.58. The molecule has 2 atom stereocenters. The number of carboxylic acids is 1. The molecular weight excluding hydrogens is 250 g/mol. The average Bonchev–Trinajstić information content (AvgIpc) is 2.63. The van der Waals surface area contributed by atoms with Crippen LogP contribution in [0.4, 0.5) is 0 Å². The van der Waals surface area contributed by atoms with Crippen LogP contribution in [0, 0.1) is 5.92 Å². The van der Waals surface area contributed by atoms with Crippen LogP contribution in [0.15, 0.2) is 0 Å². The molecule has 0 radical (unpaired) electrons. The topological polar surface area (TPSA) is 57.6 Å². The molecule has 0 aromatic carbocycles. The molecule has 1 rings (SSSR count). The van der Waals surface area contributed by atoms with Crippen molar-refractivity contribution in [1.29, 1.82) is 0 Å². The van der Waals surface area contributed by atoms with E-state index in [4.69, 9.17) is 5.11 Å². The van der Waals surface area contributed by atoms with Gasteiger partial charge in [-0.25, -0.2) is 4.79 Å². The van der Waals surface area contributed by atoms with Crippen LogP contribution in [0.25, 0.3) is 0 Å². The minimum absolute atomic E-state index is 0.0632. The highest BCUT2D eigenvalue weighted by Gasteiger charge is 2.35. The van der Waals surface area contributed by atoms with E-state index in [1.807, 2.05) is 0 Å². The van der Waals surface area contributed by atoms with Gasteiger partial charge in [0, 0.05) is 17.8 Å². The summed E-state index contributed by atoms with van der Waals surface area (Å²) in [6.07, 6.45) is 1.37. The molecule has 14 heavy (non-hydrogen) atoms. The Bertz CT molecular complexity index is 244. The number of nitrogens with zero attached hydrogens (tertiary/aromatic N) is 1. The Morgan fingerprint density at radius 2 is 2.29 bits per heavy atom. The number of aliphatic carboxylic acids is 1. The molecule has 1 heterocycles. The number of halogens is 1. The highest BCUT2D eigenvalue weighted by Crippen LogP contribution is 2.20. The van der Waals surface area contributed by atoms with Gasteiger partial charge in [-0.2, -0.15) is 0 Å². The van der Waals surface area contributed by atoms with E-state index >= 15 is 0 Å². The van der Waals surface area contributed by atoms with E-state index in [0.29, 0.717) is 18.3 Å². The summed E-state index contributed by atoms with van der Waals surface area (Å²) >= 11 is 3.22. The molecule has 80 valence electrons. The normalized spacial score (nSPS) is 23.6. The summed E-state index contributed by atoms with van der Waals surface area (Å²) in [6, 6.07) is -0.607. The standard InChI is InChI=1S/C9H14BrNO3/c1-6(5-10)8(12)11-4-2-3-7(11)9(13)14/h6-7H,2-5H2,1H3,(H,13,14)/t6-,7-/m1/s1. The van der Waals surface area contributed by atoms with Crippen molar-refractivity contribution < 1.29 is 14.7 Å². The Balaban J connectivity index is 2.67. The molecule has 1 aliphatic heterocycles. The van der Waals surface area contributed by atoms with Gasteiger partial charge in [0.05, 0.1) is 0 Å². The number of carbonyl (C=O) groups excluding carboxylic acids is 1. The fraction of sp³-hybridized carbons (Fsp3) is 0.778. The SMILES string of the molecule is C[C@H](CBr)C(=O)N1CCC[C@@H]1C(=O)O. The Labute approximate surface area is 91.4 Å². The lowest BCUT2D eigenvalue weighted by Gasteiger charge is -2.23. The molecule has 0 bridgehead atoms. The minimum Gasteiger partial charge on any atom is -0.480 e. The molecular formula is C9H14BrNO3. The predicted octanol–water partition coefficient (Wildman–Crippen LogP) is 1.09. The first-order chi connectivity index (χ1) is 6.57. The third-order valence-corrected chi connectivity index (χ3v) is 3.45. The monoisotopic (exact) mass is 263 g/mol. The minimum atomic E-state index is -0.891. The number of likely N-dealkylation sites (tertiary alicyclic amines) is 1. The quantitative estimate of drug-likeness (QED) is 0.776. The summed E-state index contributed by atoms with van der Waals surface area (Å²) in [7, 11) is 0. The highest BCUT2D eigenvalue weighted by molar-refractivity contribution is 9.09. The average molecular weight is 264 g/mol. The van der Waals surface area contributed by atoms with Gasteiger partial charge in [-0.3, -0.25) is 4.79 Å². The number of hydrogen-bond acceptors (Lipinski definition) is 2. The smallest absolute Gasteiger partial charge is 0.326 e. The molecule has 1 fully saturated rings. The van der Waals surface area contributed by atoms with Crippen LogP contribution in [-0.2, 0) is 9.59 Å². The van der Waals surface area contributed by atoms with Gasteiger partial charge in [-0.15, -0.1) is 0 Å². The molecule has 1 saturated heterocycles. The third-order valence-electron chi connectivity index (χ3n) is 2.47. The zero-order valence-electron chi connectivity index (χ0n) is 8.07. The molecule has 4 nitrogen and oxygen atoms in total. The van der Waals surface area contributed by atoms with Crippen molar-refractivity contribution >= 4 is 27.8 Å². The number of amides is 1. The summed E-state index contributed by atoms with van der Waals surface area (Å²) in [4.78, 5) is 24.0. The number of alkyl halides is 1. The fourth-order valence-electron chi connectivity index (χ4n) is 1.64. The van der Waals surface area contributed by atoms with E-state index in [1.165, 1.54) is 4.90 Å². The summed E-state index contributed by atoms with van der Waals surface area (Å²) < 4.78 is 0. The molecule has 0 saturated carbocycles. The number of carbonyl (C=O) groups is 2. The lowest BCUT2D eigenvalue weighted by molar-refractivity contribution is -0.149. The van der Waals surface area contributed by atoms with E-state index in [9.17, 15) is 9.59 Å². The van der Waals surface area contributed by atoms with E-state index in [0.717, 1.165) is 6.42 Å². The third kappa shape index (κ3) is 2.26. The maximum absolute atomic E-state index is 11.7. The first-order valence-corrected chi connectivity index (χ1v) is 5.79. The van der Waals surface area contributed by atoms with Crippen LogP contribution < -0.4 is 0 Å². The Morgan fingerprint density at radius 1 is 1.64 bits per heavy atom. The first-order valence-electron chi connectivity index (χ1n) is 4.67. The van der Waals surface area contributed by atoms with Crippen molar-refractivity contribution in [3.8, 4) is 0 Å². The lowest BCUT2D eigenvalue weighted by Crippen LogP contribution is -2.43. The van der Waals surface area contributed by atoms with Crippen LogP contribution >= 0.6 is 15.9 Å². The largest absolute Gasteiger partial charge is 0.480 e. The molecule has 0 unspecified atom stereocenters. The summed E-state index contributed by atoms with van der Waals surface area (Å²) in [5.74, 6) is -1.10. The molecule has 0 aromatic heterocycles. The first kappa shape index (κ1) is 11.5. The van der Waals surface area contributed by atoms with Gasteiger partial charge >= 0.3 is 5.97 Å². The van der Waals surface area contributed by atoms with Gasteiger partial charge in [-0.05, 0) is 12.8 Å². The van der Waals surface area contributed by atoms with E-state index in [2.05, 4.69) is 15.9 Å². The summed E-state index contributed by atoms with van der Waals surface area (Å²) in [5, 5.41) is 9.46. The Hall–Kier alpha value is -0.580. The summed E-state index contributed by atoms with van der Waals surface area (Å²) in [5.41, 5.74) is 0. The van der Waals surface area contributed by atoms with Crippen LogP contribution in [0.5, 0.6) is 0 Å². The molecule has 1 N–H and O–H groups in total. The highest BCUT2D eigenvalue weighted by atomic mass is 79.9. The van der Waals surface area contributed by atoms with Gasteiger partial charge < -0.3 is 10.0 Å². The molecule has 0 aliphatic carbocycles. The fourth-order valence-corrected chi connectivity index (χ4v) is 1.91. The number of carboxylic acid groups (broad SMARTS) is 1. The van der Waals surface area contributed by atoms with Crippen molar-refractivity contribution in [1.82, 2.24) is 4.90 Å². The maximum Gasteiger partial charge on any atom is 0.326 e. The van der Waals surface area contributed by atoms with E-state index < -0.39 is 12.0 Å². The van der Waals surface area contributed by atoms with E-state index in [-0.39, 0.29) is 11.8 Å². The van der Waals surface area contributed by atoms with Crippen molar-refractivity contribution in [2.24, 2.45) is 5.92 Å².